The van der Waals surface area contributed by atoms with Crippen LogP contribution in [0.2, 0.25) is 0 Å². The van der Waals surface area contributed by atoms with E-state index in [2.05, 4.69) is 48.3 Å². The molecule has 0 heterocycles. The van der Waals surface area contributed by atoms with E-state index in [-0.39, 0.29) is 54.6 Å². The number of esters is 4. The predicted octanol–water partition coefficient (Wildman–Crippen LogP) is 12.6. The molecule has 0 atom stereocenters. The molecular weight excluding hydrogens is 811 g/mol. The molecule has 0 aliphatic heterocycles. The van der Waals surface area contributed by atoms with Gasteiger partial charge in [0.1, 0.15) is 11.5 Å². The first kappa shape index (κ1) is 56.4. The van der Waals surface area contributed by atoms with Gasteiger partial charge in [0.05, 0.1) is 12.2 Å². The van der Waals surface area contributed by atoms with Crippen molar-refractivity contribution in [3.05, 3.63) is 151 Å². The Bertz CT molecular complexity index is 2040. The smallest absolute Gasteiger partial charge is 0.343 e. The third-order valence-corrected chi connectivity index (χ3v) is 9.49. The van der Waals surface area contributed by atoms with Gasteiger partial charge in [-0.05, 0) is 103 Å². The highest BCUT2D eigenvalue weighted by Gasteiger charge is 2.22. The maximum absolute atomic E-state index is 14.4. The molecule has 0 saturated heterocycles. The quantitative estimate of drug-likeness (QED) is 0.0314. The van der Waals surface area contributed by atoms with Crippen LogP contribution in [0.4, 0.5) is 8.78 Å². The summed E-state index contributed by atoms with van der Waals surface area (Å²) in [6, 6.07) is 23.7. The topological polar surface area (TPSA) is 124 Å². The van der Waals surface area contributed by atoms with E-state index >= 15 is 0 Å². The van der Waals surface area contributed by atoms with Crippen LogP contribution in [0.15, 0.2) is 123 Å². The number of rotatable bonds is 18. The Kier molecular flexibility index (Phi) is 26.6. The summed E-state index contributed by atoms with van der Waals surface area (Å²) < 4.78 is 58.3. The Morgan fingerprint density at radius 2 is 1.17 bits per heavy atom. The number of carbonyl (C=O) groups is 4. The molecule has 0 spiro atoms. The predicted molar refractivity (Wildman–Crippen MR) is 245 cm³/mol. The third-order valence-electron chi connectivity index (χ3n) is 9.49. The molecule has 1 aliphatic carbocycles. The van der Waals surface area contributed by atoms with Crippen LogP contribution in [0, 0.1) is 17.6 Å². The summed E-state index contributed by atoms with van der Waals surface area (Å²) >= 11 is 0. The zero-order chi connectivity index (χ0) is 42.6. The maximum Gasteiger partial charge on any atom is 0.343 e. The Morgan fingerprint density at radius 3 is 1.73 bits per heavy atom. The molecule has 0 N–H and O–H groups in total. The normalized spacial score (nSPS) is 13.4. The standard InChI is InChI=1S/C27H32O4.C20H16F2O6.4CH4/c1-3-5-20-6-10-22(11-7-20)23-12-14-24(15-13-23)27(29)31-25-16-8-21(9-17-25)18-19-30-26(28)4-2;1-3-17(23)27-11-25-14-7-5-13(6-8-14)15-9-10-16(20(22)19(15)21)26-12-28-18(24)4-2;;;;/h4,8-9,12-17,20,22H,2-3,5-7,10-11,18-19H2,1H3;3-10H,1-2,11-12H2;4*1H4. The lowest BCUT2D eigenvalue weighted by atomic mass is 9.77. The van der Waals surface area contributed by atoms with Gasteiger partial charge in [-0.15, -0.1) is 0 Å². The number of benzene rings is 4. The largest absolute Gasteiger partial charge is 0.462 e. The fraction of sp³-hybridized carbons (Fsp3) is 0.333. The first-order valence-corrected chi connectivity index (χ1v) is 19.2. The Hall–Kier alpha value is -6.56. The highest BCUT2D eigenvalue weighted by Crippen LogP contribution is 2.37. The van der Waals surface area contributed by atoms with E-state index in [0.29, 0.717) is 35.0 Å². The van der Waals surface area contributed by atoms with Gasteiger partial charge in [0.15, 0.2) is 11.6 Å². The summed E-state index contributed by atoms with van der Waals surface area (Å²) in [5.74, 6) is -2.55. The van der Waals surface area contributed by atoms with Crippen molar-refractivity contribution in [2.75, 3.05) is 20.2 Å². The second-order valence-corrected chi connectivity index (χ2v) is 13.4. The summed E-state index contributed by atoms with van der Waals surface area (Å²) in [6.07, 6.45) is 11.4. The molecule has 63 heavy (non-hydrogen) atoms. The fourth-order valence-corrected chi connectivity index (χ4v) is 6.32. The van der Waals surface area contributed by atoms with Crippen molar-refractivity contribution in [3.63, 3.8) is 0 Å². The summed E-state index contributed by atoms with van der Waals surface area (Å²) in [5, 5.41) is 0. The molecule has 0 bridgehead atoms. The van der Waals surface area contributed by atoms with E-state index in [0.717, 1.165) is 29.7 Å². The SMILES string of the molecule is C.C.C.C.C=CC(=O)OCCc1ccc(OC(=O)c2ccc(C3CCC(CCC)CC3)cc2)cc1.C=CC(=O)OCOc1ccc(-c2ccc(OCOC(=O)C=C)c(F)c2F)cc1. The van der Waals surface area contributed by atoms with Gasteiger partial charge in [-0.2, -0.15) is 4.39 Å². The fourth-order valence-electron chi connectivity index (χ4n) is 6.32. The van der Waals surface area contributed by atoms with Crippen LogP contribution in [0.5, 0.6) is 17.2 Å². The molecule has 12 heteroatoms. The van der Waals surface area contributed by atoms with Crippen molar-refractivity contribution in [3.8, 4) is 28.4 Å². The van der Waals surface area contributed by atoms with Crippen molar-refractivity contribution < 1.29 is 56.4 Å². The van der Waals surface area contributed by atoms with Crippen LogP contribution in [0.1, 0.15) is 103 Å². The summed E-state index contributed by atoms with van der Waals surface area (Å²) in [5.41, 5.74) is 3.26. The second kappa shape index (κ2) is 29.7. The van der Waals surface area contributed by atoms with Gasteiger partial charge in [0.25, 0.3) is 0 Å². The number of hydrogen-bond donors (Lipinski definition) is 0. The molecule has 1 saturated carbocycles. The molecule has 10 nitrogen and oxygen atoms in total. The van der Waals surface area contributed by atoms with Crippen molar-refractivity contribution in [1.82, 2.24) is 0 Å². The van der Waals surface area contributed by atoms with E-state index in [4.69, 9.17) is 18.9 Å². The van der Waals surface area contributed by atoms with Gasteiger partial charge >= 0.3 is 23.9 Å². The Labute approximate surface area is 372 Å². The first-order valence-electron chi connectivity index (χ1n) is 19.2. The Balaban J connectivity index is 0.00000115. The van der Waals surface area contributed by atoms with Crippen molar-refractivity contribution in [2.24, 2.45) is 5.92 Å². The molecule has 4 aromatic rings. The van der Waals surface area contributed by atoms with Gasteiger partial charge in [0.2, 0.25) is 19.4 Å². The molecular formula is C51H64F2O10. The third kappa shape index (κ3) is 18.1. The summed E-state index contributed by atoms with van der Waals surface area (Å²) in [4.78, 5) is 45.4. The van der Waals surface area contributed by atoms with E-state index < -0.39 is 42.1 Å². The van der Waals surface area contributed by atoms with Crippen molar-refractivity contribution >= 4 is 23.9 Å². The summed E-state index contributed by atoms with van der Waals surface area (Å²) in [6.45, 7) is 11.5. The zero-order valence-corrected chi connectivity index (χ0v) is 33.0. The van der Waals surface area contributed by atoms with Crippen LogP contribution < -0.4 is 14.2 Å². The van der Waals surface area contributed by atoms with Crippen molar-refractivity contribution in [1.29, 1.82) is 0 Å². The lowest BCUT2D eigenvalue weighted by Gasteiger charge is -2.28. The molecule has 342 valence electrons. The lowest BCUT2D eigenvalue weighted by Crippen LogP contribution is -2.13. The lowest BCUT2D eigenvalue weighted by molar-refractivity contribution is -0.145. The van der Waals surface area contributed by atoms with Crippen molar-refractivity contribution in [2.45, 2.75) is 87.5 Å². The monoisotopic (exact) mass is 874 g/mol. The molecule has 0 radical (unpaired) electrons. The van der Waals surface area contributed by atoms with E-state index in [1.165, 1.54) is 80.5 Å². The van der Waals surface area contributed by atoms with E-state index in [1.807, 2.05) is 24.3 Å². The van der Waals surface area contributed by atoms with Gasteiger partial charge in [0, 0.05) is 30.2 Å². The maximum atomic E-state index is 14.4. The minimum absolute atomic E-state index is 0. The number of hydrogen-bond acceptors (Lipinski definition) is 10. The van der Waals surface area contributed by atoms with Crippen LogP contribution in [0.25, 0.3) is 11.1 Å². The van der Waals surface area contributed by atoms with Crippen LogP contribution in [-0.4, -0.2) is 44.1 Å². The van der Waals surface area contributed by atoms with E-state index in [1.54, 1.807) is 12.1 Å². The summed E-state index contributed by atoms with van der Waals surface area (Å²) in [7, 11) is 0. The highest BCUT2D eigenvalue weighted by atomic mass is 19.2. The first-order chi connectivity index (χ1) is 28.5. The van der Waals surface area contributed by atoms with E-state index in [9.17, 15) is 28.0 Å². The molecule has 0 amide bonds. The van der Waals surface area contributed by atoms with Gasteiger partial charge in [-0.25, -0.2) is 23.6 Å². The number of halogens is 2. The molecule has 5 rings (SSSR count). The molecule has 4 aromatic carbocycles. The van der Waals surface area contributed by atoms with Gasteiger partial charge in [-0.1, -0.05) is 106 Å². The molecule has 1 aliphatic rings. The molecule has 0 unspecified atom stereocenters. The zero-order valence-electron chi connectivity index (χ0n) is 33.0. The Morgan fingerprint density at radius 1 is 0.635 bits per heavy atom. The average molecular weight is 875 g/mol. The minimum atomic E-state index is -1.22. The minimum Gasteiger partial charge on any atom is -0.462 e. The average Bonchev–Trinajstić information content (AvgIpc) is 3.26. The second-order valence-electron chi connectivity index (χ2n) is 13.4. The van der Waals surface area contributed by atoms with Gasteiger partial charge < -0.3 is 28.4 Å². The molecule has 0 aromatic heterocycles. The van der Waals surface area contributed by atoms with Gasteiger partial charge in [-0.3, -0.25) is 0 Å². The molecule has 1 fully saturated rings. The van der Waals surface area contributed by atoms with Crippen LogP contribution in [0.3, 0.4) is 0 Å². The van der Waals surface area contributed by atoms with Crippen LogP contribution >= 0.6 is 0 Å². The number of carbonyl (C=O) groups excluding carboxylic acids is 4. The number of ether oxygens (including phenoxy) is 6. The van der Waals surface area contributed by atoms with Crippen LogP contribution in [-0.2, 0) is 35.0 Å². The highest BCUT2D eigenvalue weighted by molar-refractivity contribution is 5.91.